The van der Waals surface area contributed by atoms with Gasteiger partial charge in [0.1, 0.15) is 4.21 Å². The lowest BCUT2D eigenvalue weighted by Crippen LogP contribution is -2.11. The minimum atomic E-state index is -3.53. The first-order chi connectivity index (χ1) is 11.8. The van der Waals surface area contributed by atoms with Crippen molar-refractivity contribution < 1.29 is 8.42 Å². The van der Waals surface area contributed by atoms with Crippen molar-refractivity contribution in [1.82, 2.24) is 0 Å². The fourth-order valence-corrected chi connectivity index (χ4v) is 4.83. The summed E-state index contributed by atoms with van der Waals surface area (Å²) in [4.78, 5) is 0.966. The Morgan fingerprint density at radius 1 is 0.840 bits per heavy atom. The van der Waals surface area contributed by atoms with E-state index < -0.39 is 10.0 Å². The lowest BCUT2D eigenvalue weighted by atomic mass is 10.1. The van der Waals surface area contributed by atoms with Gasteiger partial charge < -0.3 is 5.32 Å². The molecule has 0 saturated heterocycles. The zero-order valence-corrected chi connectivity index (χ0v) is 16.0. The van der Waals surface area contributed by atoms with Gasteiger partial charge in [0.2, 0.25) is 0 Å². The van der Waals surface area contributed by atoms with Gasteiger partial charge >= 0.3 is 0 Å². The Labute approximate surface area is 152 Å². The van der Waals surface area contributed by atoms with Crippen LogP contribution in [0, 0.1) is 20.8 Å². The maximum absolute atomic E-state index is 12.4. The molecule has 3 rings (SSSR count). The number of hydrogen-bond acceptors (Lipinski definition) is 4. The number of aryl methyl sites for hydroxylation is 3. The Morgan fingerprint density at radius 2 is 1.52 bits per heavy atom. The van der Waals surface area contributed by atoms with E-state index in [-0.39, 0.29) is 0 Å². The second-order valence-electron chi connectivity index (χ2n) is 5.99. The third kappa shape index (κ3) is 4.21. The summed E-state index contributed by atoms with van der Waals surface area (Å²) in [6, 6.07) is 16.9. The van der Waals surface area contributed by atoms with E-state index in [0.29, 0.717) is 9.90 Å². The Kier molecular flexibility index (Phi) is 4.83. The van der Waals surface area contributed by atoms with Crippen LogP contribution >= 0.6 is 11.3 Å². The second kappa shape index (κ2) is 6.90. The second-order valence-corrected chi connectivity index (χ2v) is 9.19. The van der Waals surface area contributed by atoms with Crippen molar-refractivity contribution in [2.45, 2.75) is 25.0 Å². The zero-order valence-electron chi connectivity index (χ0n) is 14.3. The van der Waals surface area contributed by atoms with Crippen LogP contribution in [0.3, 0.4) is 0 Å². The first kappa shape index (κ1) is 17.5. The van der Waals surface area contributed by atoms with Gasteiger partial charge in [0, 0.05) is 21.9 Å². The fourth-order valence-electron chi connectivity index (χ4n) is 2.49. The highest BCUT2D eigenvalue weighted by molar-refractivity contribution is 7.94. The van der Waals surface area contributed by atoms with Crippen LogP contribution in [-0.4, -0.2) is 8.42 Å². The van der Waals surface area contributed by atoms with E-state index in [1.54, 1.807) is 24.3 Å². The molecule has 0 aliphatic rings. The van der Waals surface area contributed by atoms with Crippen molar-refractivity contribution in [3.8, 4) is 0 Å². The molecule has 6 heteroatoms. The summed E-state index contributed by atoms with van der Waals surface area (Å²) in [5.41, 5.74) is 4.86. The number of anilines is 3. The van der Waals surface area contributed by atoms with Crippen LogP contribution in [0.15, 0.2) is 58.8 Å². The van der Waals surface area contributed by atoms with Crippen LogP contribution in [0.4, 0.5) is 17.1 Å². The molecule has 1 heterocycles. The average Bonchev–Trinajstić information content (AvgIpc) is 2.99. The van der Waals surface area contributed by atoms with Gasteiger partial charge in [0.05, 0.1) is 0 Å². The van der Waals surface area contributed by atoms with E-state index in [4.69, 9.17) is 0 Å². The molecule has 130 valence electrons. The van der Waals surface area contributed by atoms with Crippen molar-refractivity contribution in [2.75, 3.05) is 10.0 Å². The Balaban J connectivity index is 1.74. The van der Waals surface area contributed by atoms with Crippen molar-refractivity contribution in [3.63, 3.8) is 0 Å². The first-order valence-corrected chi connectivity index (χ1v) is 10.2. The number of benzene rings is 2. The summed E-state index contributed by atoms with van der Waals surface area (Å²) in [5.74, 6) is 0. The molecule has 1 aromatic heterocycles. The molecule has 0 fully saturated rings. The van der Waals surface area contributed by atoms with Crippen LogP contribution in [0.1, 0.15) is 16.0 Å². The van der Waals surface area contributed by atoms with Gasteiger partial charge in [-0.25, -0.2) is 8.42 Å². The number of hydrogen-bond donors (Lipinski definition) is 2. The van der Waals surface area contributed by atoms with Crippen molar-refractivity contribution in [2.24, 2.45) is 0 Å². The molecule has 0 aliphatic carbocycles. The minimum Gasteiger partial charge on any atom is -0.355 e. The summed E-state index contributed by atoms with van der Waals surface area (Å²) >= 11 is 1.26. The van der Waals surface area contributed by atoms with Gasteiger partial charge in [-0.05, 0) is 68.8 Å². The minimum absolute atomic E-state index is 0.322. The molecular formula is C19H20N2O2S2. The number of thiophene rings is 1. The summed E-state index contributed by atoms with van der Waals surface area (Å²) in [6.45, 7) is 6.00. The van der Waals surface area contributed by atoms with Crippen LogP contribution in [-0.2, 0) is 10.0 Å². The highest BCUT2D eigenvalue weighted by Crippen LogP contribution is 2.26. The molecule has 0 aliphatic heterocycles. The molecule has 2 N–H and O–H groups in total. The Hall–Kier alpha value is -2.31. The van der Waals surface area contributed by atoms with Crippen molar-refractivity contribution in [3.05, 3.63) is 70.6 Å². The van der Waals surface area contributed by atoms with Gasteiger partial charge in [0.25, 0.3) is 10.0 Å². The molecule has 0 spiro atoms. The van der Waals surface area contributed by atoms with E-state index in [9.17, 15) is 8.42 Å². The molecule has 3 aromatic rings. The molecular weight excluding hydrogens is 352 g/mol. The average molecular weight is 373 g/mol. The largest absolute Gasteiger partial charge is 0.355 e. The SMILES string of the molecule is Cc1ccc(Nc2ccc(NS(=O)(=O)c3ccc(C)s3)cc2)c(C)c1. The lowest BCUT2D eigenvalue weighted by molar-refractivity contribution is 0.603. The number of rotatable bonds is 5. The quantitative estimate of drug-likeness (QED) is 0.646. The number of sulfonamides is 1. The molecule has 0 radical (unpaired) electrons. The van der Waals surface area contributed by atoms with E-state index in [1.165, 1.54) is 16.9 Å². The lowest BCUT2D eigenvalue weighted by Gasteiger charge is -2.11. The zero-order chi connectivity index (χ0) is 18.0. The van der Waals surface area contributed by atoms with Crippen LogP contribution in [0.2, 0.25) is 0 Å². The van der Waals surface area contributed by atoms with Crippen LogP contribution < -0.4 is 10.0 Å². The van der Waals surface area contributed by atoms with Gasteiger partial charge in [-0.2, -0.15) is 0 Å². The van der Waals surface area contributed by atoms with Gasteiger partial charge in [-0.15, -0.1) is 11.3 Å². The molecule has 25 heavy (non-hydrogen) atoms. The first-order valence-electron chi connectivity index (χ1n) is 7.87. The summed E-state index contributed by atoms with van der Waals surface area (Å²) in [7, 11) is -3.53. The molecule has 4 nitrogen and oxygen atoms in total. The molecule has 0 amide bonds. The van der Waals surface area contributed by atoms with Gasteiger partial charge in [-0.3, -0.25) is 4.72 Å². The summed E-state index contributed by atoms with van der Waals surface area (Å²) < 4.78 is 27.6. The molecule has 0 unspecified atom stereocenters. The maximum atomic E-state index is 12.4. The summed E-state index contributed by atoms with van der Waals surface area (Å²) in [5, 5.41) is 3.35. The van der Waals surface area contributed by atoms with Crippen molar-refractivity contribution >= 4 is 38.4 Å². The third-order valence-corrected chi connectivity index (χ3v) is 6.65. The molecule has 0 atom stereocenters. The Bertz CT molecular complexity index is 991. The molecule has 2 aromatic carbocycles. The highest BCUT2D eigenvalue weighted by atomic mass is 32.2. The molecule has 0 saturated carbocycles. The highest BCUT2D eigenvalue weighted by Gasteiger charge is 2.16. The predicted octanol–water partition coefficient (Wildman–Crippen LogP) is 5.22. The summed E-state index contributed by atoms with van der Waals surface area (Å²) in [6.07, 6.45) is 0. The Morgan fingerprint density at radius 3 is 2.12 bits per heavy atom. The van der Waals surface area contributed by atoms with Crippen LogP contribution in [0.25, 0.3) is 0 Å². The van der Waals surface area contributed by atoms with Crippen LogP contribution in [0.5, 0.6) is 0 Å². The smallest absolute Gasteiger partial charge is 0.271 e. The normalized spacial score (nSPS) is 11.3. The number of nitrogens with one attached hydrogen (secondary N) is 2. The topological polar surface area (TPSA) is 58.2 Å². The van der Waals surface area contributed by atoms with E-state index in [0.717, 1.165) is 21.8 Å². The monoisotopic (exact) mass is 372 g/mol. The predicted molar refractivity (Wildman–Crippen MR) is 106 cm³/mol. The third-order valence-electron chi connectivity index (χ3n) is 3.78. The fraction of sp³-hybridized carbons (Fsp3) is 0.158. The van der Waals surface area contributed by atoms with Crippen molar-refractivity contribution in [1.29, 1.82) is 0 Å². The maximum Gasteiger partial charge on any atom is 0.271 e. The van der Waals surface area contributed by atoms with E-state index in [2.05, 4.69) is 36.0 Å². The van der Waals surface area contributed by atoms with E-state index in [1.807, 2.05) is 25.1 Å². The standard InChI is InChI=1S/C19H20N2O2S2/c1-13-4-10-18(14(2)12-13)20-16-6-8-17(9-7-16)21-25(22,23)19-11-5-15(3)24-19/h4-12,20-21H,1-3H3. The van der Waals surface area contributed by atoms with Gasteiger partial charge in [-0.1, -0.05) is 17.7 Å². The van der Waals surface area contributed by atoms with Gasteiger partial charge in [0.15, 0.2) is 0 Å². The van der Waals surface area contributed by atoms with E-state index >= 15 is 0 Å². The molecule has 0 bridgehead atoms.